The van der Waals surface area contributed by atoms with Gasteiger partial charge in [-0.25, -0.2) is 0 Å². The molecule has 1 saturated heterocycles. The van der Waals surface area contributed by atoms with Gasteiger partial charge in [0.25, 0.3) is 0 Å². The van der Waals surface area contributed by atoms with Crippen LogP contribution in [-0.2, 0) is 13.1 Å². The SMILES string of the molecule is N#Cc1ccc(CN2CCN(Cc3cc4ccccc4o3)CC2)cc1. The summed E-state index contributed by atoms with van der Waals surface area (Å²) in [5, 5.41) is 10.1. The summed E-state index contributed by atoms with van der Waals surface area (Å²) in [6, 6.07) is 20.4. The molecule has 4 nitrogen and oxygen atoms in total. The zero-order chi connectivity index (χ0) is 17.1. The molecule has 25 heavy (non-hydrogen) atoms. The molecule has 3 aromatic rings. The lowest BCUT2D eigenvalue weighted by Crippen LogP contribution is -2.45. The summed E-state index contributed by atoms with van der Waals surface area (Å²) in [5.74, 6) is 1.04. The Morgan fingerprint density at radius 1 is 0.880 bits per heavy atom. The van der Waals surface area contributed by atoms with Crippen molar-refractivity contribution in [2.45, 2.75) is 13.1 Å². The van der Waals surface area contributed by atoms with Gasteiger partial charge in [-0.1, -0.05) is 30.3 Å². The van der Waals surface area contributed by atoms with Gasteiger partial charge >= 0.3 is 0 Å². The minimum atomic E-state index is 0.722. The first-order valence-electron chi connectivity index (χ1n) is 8.71. The van der Waals surface area contributed by atoms with Gasteiger partial charge in [0.15, 0.2) is 0 Å². The monoisotopic (exact) mass is 331 g/mol. The summed E-state index contributed by atoms with van der Waals surface area (Å²) in [6.45, 7) is 6.03. The van der Waals surface area contributed by atoms with Gasteiger partial charge in [-0.2, -0.15) is 5.26 Å². The van der Waals surface area contributed by atoms with Gasteiger partial charge in [0.2, 0.25) is 0 Å². The van der Waals surface area contributed by atoms with E-state index in [4.69, 9.17) is 9.68 Å². The van der Waals surface area contributed by atoms with Gasteiger partial charge in [0, 0.05) is 38.1 Å². The number of rotatable bonds is 4. The van der Waals surface area contributed by atoms with Crippen molar-refractivity contribution in [3.8, 4) is 6.07 Å². The molecule has 1 aliphatic heterocycles. The van der Waals surface area contributed by atoms with Gasteiger partial charge in [-0.3, -0.25) is 9.80 Å². The zero-order valence-electron chi connectivity index (χ0n) is 14.2. The highest BCUT2D eigenvalue weighted by Gasteiger charge is 2.18. The van der Waals surface area contributed by atoms with E-state index in [0.29, 0.717) is 0 Å². The number of para-hydroxylation sites is 1. The van der Waals surface area contributed by atoms with Crippen LogP contribution in [0.1, 0.15) is 16.9 Å². The summed E-state index contributed by atoms with van der Waals surface area (Å²) in [6.07, 6.45) is 0. The highest BCUT2D eigenvalue weighted by molar-refractivity contribution is 5.77. The predicted molar refractivity (Wildman–Crippen MR) is 97.9 cm³/mol. The standard InChI is InChI=1S/C21H21N3O/c22-14-17-5-7-18(8-6-17)15-23-9-11-24(12-10-23)16-20-13-19-3-1-2-4-21(19)25-20/h1-8,13H,9-12,15-16H2. The molecule has 126 valence electrons. The Morgan fingerprint density at radius 3 is 2.24 bits per heavy atom. The molecular weight excluding hydrogens is 310 g/mol. The number of hydrogen-bond donors (Lipinski definition) is 0. The van der Waals surface area contributed by atoms with Crippen molar-refractivity contribution in [3.63, 3.8) is 0 Å². The second-order valence-electron chi connectivity index (χ2n) is 6.61. The lowest BCUT2D eigenvalue weighted by Gasteiger charge is -2.34. The molecule has 1 aromatic heterocycles. The Kier molecular flexibility index (Phi) is 4.51. The molecule has 0 unspecified atom stereocenters. The molecule has 0 atom stereocenters. The van der Waals surface area contributed by atoms with E-state index in [1.54, 1.807) is 0 Å². The van der Waals surface area contributed by atoms with E-state index in [-0.39, 0.29) is 0 Å². The fourth-order valence-corrected chi connectivity index (χ4v) is 3.38. The quantitative estimate of drug-likeness (QED) is 0.732. The van der Waals surface area contributed by atoms with Crippen LogP contribution in [0.5, 0.6) is 0 Å². The maximum absolute atomic E-state index is 8.87. The maximum Gasteiger partial charge on any atom is 0.134 e. The van der Waals surface area contributed by atoms with Crippen LogP contribution in [0.4, 0.5) is 0 Å². The molecule has 0 amide bonds. The molecule has 0 saturated carbocycles. The molecule has 4 heteroatoms. The molecule has 0 aliphatic carbocycles. The number of benzene rings is 2. The minimum absolute atomic E-state index is 0.722. The van der Waals surface area contributed by atoms with E-state index in [2.05, 4.69) is 40.1 Å². The minimum Gasteiger partial charge on any atom is -0.460 e. The van der Waals surface area contributed by atoms with Crippen molar-refractivity contribution in [2.75, 3.05) is 26.2 Å². The van der Waals surface area contributed by atoms with Crippen LogP contribution in [0.15, 0.2) is 59.0 Å². The van der Waals surface area contributed by atoms with Gasteiger partial charge < -0.3 is 4.42 Å². The predicted octanol–water partition coefficient (Wildman–Crippen LogP) is 3.62. The largest absolute Gasteiger partial charge is 0.460 e. The summed E-state index contributed by atoms with van der Waals surface area (Å²) in [5.41, 5.74) is 2.96. The number of fused-ring (bicyclic) bond motifs is 1. The van der Waals surface area contributed by atoms with E-state index >= 15 is 0 Å². The molecule has 0 bridgehead atoms. The number of nitriles is 1. The topological polar surface area (TPSA) is 43.4 Å². The molecule has 0 spiro atoms. The van der Waals surface area contributed by atoms with Crippen molar-refractivity contribution in [2.24, 2.45) is 0 Å². The summed E-state index contributed by atoms with van der Waals surface area (Å²) < 4.78 is 5.93. The average Bonchev–Trinajstić information content (AvgIpc) is 3.06. The number of piperazine rings is 1. The van der Waals surface area contributed by atoms with Crippen molar-refractivity contribution in [3.05, 3.63) is 71.5 Å². The van der Waals surface area contributed by atoms with Crippen LogP contribution >= 0.6 is 0 Å². The van der Waals surface area contributed by atoms with Crippen molar-refractivity contribution < 1.29 is 4.42 Å². The highest BCUT2D eigenvalue weighted by atomic mass is 16.3. The number of furan rings is 1. The zero-order valence-corrected chi connectivity index (χ0v) is 14.2. The van der Waals surface area contributed by atoms with Crippen LogP contribution < -0.4 is 0 Å². The van der Waals surface area contributed by atoms with E-state index in [1.165, 1.54) is 10.9 Å². The maximum atomic E-state index is 8.87. The third kappa shape index (κ3) is 3.74. The van der Waals surface area contributed by atoms with E-state index in [0.717, 1.165) is 56.2 Å². The molecule has 1 aliphatic rings. The van der Waals surface area contributed by atoms with E-state index in [9.17, 15) is 0 Å². The van der Waals surface area contributed by atoms with E-state index in [1.807, 2.05) is 30.3 Å². The first-order valence-corrected chi connectivity index (χ1v) is 8.71. The van der Waals surface area contributed by atoms with Gasteiger partial charge in [-0.05, 0) is 29.8 Å². The Bertz CT molecular complexity index is 850. The molecule has 1 fully saturated rings. The second-order valence-corrected chi connectivity index (χ2v) is 6.61. The number of hydrogen-bond acceptors (Lipinski definition) is 4. The van der Waals surface area contributed by atoms with Crippen LogP contribution in [0.25, 0.3) is 11.0 Å². The Hall–Kier alpha value is -2.61. The molecule has 2 heterocycles. The summed E-state index contributed by atoms with van der Waals surface area (Å²) in [7, 11) is 0. The Balaban J connectivity index is 1.31. The third-order valence-corrected chi connectivity index (χ3v) is 4.81. The van der Waals surface area contributed by atoms with Crippen molar-refractivity contribution in [1.29, 1.82) is 5.26 Å². The van der Waals surface area contributed by atoms with Gasteiger partial charge in [0.1, 0.15) is 11.3 Å². The number of nitrogens with zero attached hydrogens (tertiary/aromatic N) is 3. The molecular formula is C21H21N3O. The normalized spacial score (nSPS) is 16.1. The Labute approximate surface area is 147 Å². The summed E-state index contributed by atoms with van der Waals surface area (Å²) in [4.78, 5) is 4.92. The molecule has 2 aromatic carbocycles. The van der Waals surface area contributed by atoms with Crippen LogP contribution in [0.2, 0.25) is 0 Å². The smallest absolute Gasteiger partial charge is 0.134 e. The lowest BCUT2D eigenvalue weighted by molar-refractivity contribution is 0.116. The lowest BCUT2D eigenvalue weighted by atomic mass is 10.1. The van der Waals surface area contributed by atoms with Crippen molar-refractivity contribution in [1.82, 2.24) is 9.80 Å². The average molecular weight is 331 g/mol. The highest BCUT2D eigenvalue weighted by Crippen LogP contribution is 2.20. The molecule has 0 radical (unpaired) electrons. The van der Waals surface area contributed by atoms with Gasteiger partial charge in [-0.15, -0.1) is 0 Å². The van der Waals surface area contributed by atoms with E-state index < -0.39 is 0 Å². The van der Waals surface area contributed by atoms with Gasteiger partial charge in [0.05, 0.1) is 18.2 Å². The second kappa shape index (κ2) is 7.10. The fraction of sp³-hybridized carbons (Fsp3) is 0.286. The van der Waals surface area contributed by atoms with Crippen LogP contribution in [0, 0.1) is 11.3 Å². The third-order valence-electron chi connectivity index (χ3n) is 4.81. The van der Waals surface area contributed by atoms with Crippen LogP contribution in [-0.4, -0.2) is 36.0 Å². The molecule has 0 N–H and O–H groups in total. The first kappa shape index (κ1) is 15.9. The van der Waals surface area contributed by atoms with Crippen molar-refractivity contribution >= 4 is 11.0 Å². The summed E-state index contributed by atoms with van der Waals surface area (Å²) >= 11 is 0. The Morgan fingerprint density at radius 2 is 1.56 bits per heavy atom. The van der Waals surface area contributed by atoms with Crippen LogP contribution in [0.3, 0.4) is 0 Å². The fourth-order valence-electron chi connectivity index (χ4n) is 3.38. The molecule has 4 rings (SSSR count). The first-order chi connectivity index (χ1) is 12.3.